The van der Waals surface area contributed by atoms with Crippen molar-refractivity contribution in [3.63, 3.8) is 0 Å². The highest BCUT2D eigenvalue weighted by atomic mass is 79.9. The lowest BCUT2D eigenvalue weighted by Crippen LogP contribution is -2.14. The number of aromatic nitrogens is 2. The monoisotopic (exact) mass is 342 g/mol. The number of nitrogens with two attached hydrogens (primary N) is 1. The molecule has 0 aromatic carbocycles. The second kappa shape index (κ2) is 5.14. The number of sulfonamides is 1. The van der Waals surface area contributed by atoms with Crippen LogP contribution in [0.5, 0.6) is 0 Å². The maximum atomic E-state index is 12.1. The first kappa shape index (κ1) is 13.8. The fraction of sp³-hybridized carbons (Fsp3) is 0.0909. The molecule has 2 heterocycles. The molecule has 3 N–H and O–H groups in total. The molecule has 0 saturated carbocycles. The normalized spacial score (nSPS) is 11.3. The van der Waals surface area contributed by atoms with E-state index in [9.17, 15) is 8.42 Å². The van der Waals surface area contributed by atoms with Crippen LogP contribution in [-0.2, 0) is 10.0 Å². The van der Waals surface area contributed by atoms with Gasteiger partial charge in [0.05, 0.1) is 5.69 Å². The third kappa shape index (κ3) is 3.21. The van der Waals surface area contributed by atoms with Gasteiger partial charge in [-0.1, -0.05) is 0 Å². The van der Waals surface area contributed by atoms with Crippen molar-refractivity contribution < 1.29 is 8.42 Å². The van der Waals surface area contributed by atoms with Crippen LogP contribution in [0.1, 0.15) is 5.69 Å². The number of hydrogen-bond donors (Lipinski definition) is 2. The van der Waals surface area contributed by atoms with E-state index in [1.807, 2.05) is 0 Å². The smallest absolute Gasteiger partial charge is 0.264 e. The molecule has 0 aliphatic rings. The summed E-state index contributed by atoms with van der Waals surface area (Å²) < 4.78 is 27.3. The highest BCUT2D eigenvalue weighted by Gasteiger charge is 2.15. The first-order chi connectivity index (χ1) is 8.88. The Morgan fingerprint density at radius 1 is 1.26 bits per heavy atom. The fourth-order valence-corrected chi connectivity index (χ4v) is 2.51. The third-order valence-electron chi connectivity index (χ3n) is 2.33. The van der Waals surface area contributed by atoms with E-state index >= 15 is 0 Å². The van der Waals surface area contributed by atoms with Crippen molar-refractivity contribution >= 4 is 37.6 Å². The topological polar surface area (TPSA) is 98.0 Å². The van der Waals surface area contributed by atoms with E-state index in [0.717, 1.165) is 4.47 Å². The molecule has 0 saturated heterocycles. The molecular formula is C11H11BrN4O2S. The van der Waals surface area contributed by atoms with Gasteiger partial charge < -0.3 is 5.73 Å². The molecule has 0 atom stereocenters. The summed E-state index contributed by atoms with van der Waals surface area (Å²) in [5.74, 6) is 0.508. The van der Waals surface area contributed by atoms with E-state index in [2.05, 4.69) is 30.6 Å². The summed E-state index contributed by atoms with van der Waals surface area (Å²) in [6.45, 7) is 1.77. The van der Waals surface area contributed by atoms with Crippen molar-refractivity contribution in [2.75, 3.05) is 10.5 Å². The summed E-state index contributed by atoms with van der Waals surface area (Å²) in [5.41, 5.74) is 6.11. The van der Waals surface area contributed by atoms with Gasteiger partial charge in [0.15, 0.2) is 0 Å². The highest BCUT2D eigenvalue weighted by Crippen LogP contribution is 2.19. The standard InChI is InChI=1S/C11H11BrN4O2S/c1-7-9(12)3-5-11(15-7)16-19(17,18)8-2-4-10(13)14-6-8/h2-6H,1H3,(H2,13,14)(H,15,16). The molecule has 0 fully saturated rings. The molecule has 2 aromatic rings. The molecule has 8 heteroatoms. The van der Waals surface area contributed by atoms with E-state index in [1.165, 1.54) is 18.3 Å². The first-order valence-corrected chi connectivity index (χ1v) is 7.53. The lowest BCUT2D eigenvalue weighted by molar-refractivity contribution is 0.600. The van der Waals surface area contributed by atoms with Crippen LogP contribution in [0.3, 0.4) is 0 Å². The van der Waals surface area contributed by atoms with Crippen LogP contribution in [0.2, 0.25) is 0 Å². The van der Waals surface area contributed by atoms with Crippen LogP contribution in [-0.4, -0.2) is 18.4 Å². The Balaban J connectivity index is 2.30. The number of aryl methyl sites for hydroxylation is 1. The summed E-state index contributed by atoms with van der Waals surface area (Å²) in [4.78, 5) is 7.90. The summed E-state index contributed by atoms with van der Waals surface area (Å²) in [7, 11) is -3.71. The first-order valence-electron chi connectivity index (χ1n) is 5.26. The van der Waals surface area contributed by atoms with Crippen LogP contribution in [0, 0.1) is 6.92 Å². The van der Waals surface area contributed by atoms with Gasteiger partial charge in [-0.2, -0.15) is 0 Å². The maximum Gasteiger partial charge on any atom is 0.264 e. The molecule has 2 rings (SSSR count). The zero-order valence-corrected chi connectivity index (χ0v) is 12.4. The Morgan fingerprint density at radius 3 is 2.58 bits per heavy atom. The van der Waals surface area contributed by atoms with Crippen molar-refractivity contribution in [3.8, 4) is 0 Å². The van der Waals surface area contributed by atoms with E-state index in [1.54, 1.807) is 19.1 Å². The van der Waals surface area contributed by atoms with Gasteiger partial charge in [0.25, 0.3) is 10.0 Å². The van der Waals surface area contributed by atoms with Crippen molar-refractivity contribution in [1.29, 1.82) is 0 Å². The summed E-state index contributed by atoms with van der Waals surface area (Å²) in [6, 6.07) is 6.10. The van der Waals surface area contributed by atoms with E-state index < -0.39 is 10.0 Å². The fourth-order valence-electron chi connectivity index (χ4n) is 1.35. The average Bonchev–Trinajstić information content (AvgIpc) is 2.34. The summed E-state index contributed by atoms with van der Waals surface area (Å²) in [5, 5.41) is 0. The largest absolute Gasteiger partial charge is 0.384 e. The predicted octanol–water partition coefficient (Wildman–Crippen LogP) is 1.93. The minimum atomic E-state index is -3.71. The van der Waals surface area contributed by atoms with E-state index in [0.29, 0.717) is 5.69 Å². The molecule has 0 unspecified atom stereocenters. The van der Waals surface area contributed by atoms with Gasteiger partial charge in [0.1, 0.15) is 16.5 Å². The van der Waals surface area contributed by atoms with Crippen LogP contribution in [0.4, 0.5) is 11.6 Å². The minimum absolute atomic E-state index is 0.0315. The van der Waals surface area contributed by atoms with Gasteiger partial charge in [-0.25, -0.2) is 18.4 Å². The molecule has 0 spiro atoms. The van der Waals surface area contributed by atoms with Crippen molar-refractivity contribution in [1.82, 2.24) is 9.97 Å². The van der Waals surface area contributed by atoms with E-state index in [4.69, 9.17) is 5.73 Å². The lowest BCUT2D eigenvalue weighted by atomic mass is 10.4. The molecule has 2 aromatic heterocycles. The Morgan fingerprint density at radius 2 is 2.00 bits per heavy atom. The van der Waals surface area contributed by atoms with Gasteiger partial charge >= 0.3 is 0 Å². The number of pyridine rings is 2. The number of anilines is 2. The van der Waals surface area contributed by atoms with Gasteiger partial charge in [0.2, 0.25) is 0 Å². The number of nitrogens with one attached hydrogen (secondary N) is 1. The molecular weight excluding hydrogens is 332 g/mol. The van der Waals surface area contributed by atoms with Crippen LogP contribution in [0.25, 0.3) is 0 Å². The number of nitrogen functional groups attached to an aromatic ring is 1. The predicted molar refractivity (Wildman–Crippen MR) is 76.1 cm³/mol. The van der Waals surface area contributed by atoms with E-state index in [-0.39, 0.29) is 16.5 Å². The Labute approximate surface area is 119 Å². The Kier molecular flexibility index (Phi) is 3.72. The molecule has 0 amide bonds. The Bertz CT molecular complexity index is 701. The van der Waals surface area contributed by atoms with Gasteiger partial charge in [0, 0.05) is 10.7 Å². The molecule has 0 bridgehead atoms. The Hall–Kier alpha value is -1.67. The molecule has 6 nitrogen and oxygen atoms in total. The summed E-state index contributed by atoms with van der Waals surface area (Å²) >= 11 is 3.30. The summed E-state index contributed by atoms with van der Waals surface area (Å²) in [6.07, 6.45) is 1.20. The third-order valence-corrected chi connectivity index (χ3v) is 4.51. The van der Waals surface area contributed by atoms with Crippen molar-refractivity contribution in [2.24, 2.45) is 0 Å². The number of nitrogens with zero attached hydrogens (tertiary/aromatic N) is 2. The van der Waals surface area contributed by atoms with Gasteiger partial charge in [-0.05, 0) is 47.1 Å². The van der Waals surface area contributed by atoms with Crippen LogP contribution < -0.4 is 10.5 Å². The average molecular weight is 343 g/mol. The molecule has 100 valence electrons. The van der Waals surface area contributed by atoms with Gasteiger partial charge in [-0.15, -0.1) is 0 Å². The SMILES string of the molecule is Cc1nc(NS(=O)(=O)c2ccc(N)nc2)ccc1Br. The number of hydrogen-bond acceptors (Lipinski definition) is 5. The van der Waals surface area contributed by atoms with Gasteiger partial charge in [-0.3, -0.25) is 4.72 Å². The van der Waals surface area contributed by atoms with Crippen LogP contribution >= 0.6 is 15.9 Å². The molecule has 0 radical (unpaired) electrons. The molecule has 0 aliphatic heterocycles. The highest BCUT2D eigenvalue weighted by molar-refractivity contribution is 9.10. The zero-order valence-electron chi connectivity index (χ0n) is 9.96. The number of halogens is 1. The second-order valence-electron chi connectivity index (χ2n) is 3.79. The minimum Gasteiger partial charge on any atom is -0.384 e. The zero-order chi connectivity index (χ0) is 14.0. The maximum absolute atomic E-state index is 12.1. The number of rotatable bonds is 3. The molecule has 19 heavy (non-hydrogen) atoms. The van der Waals surface area contributed by atoms with Crippen molar-refractivity contribution in [2.45, 2.75) is 11.8 Å². The lowest BCUT2D eigenvalue weighted by Gasteiger charge is -2.08. The quantitative estimate of drug-likeness (QED) is 0.887. The second-order valence-corrected chi connectivity index (χ2v) is 6.32. The van der Waals surface area contributed by atoms with Crippen molar-refractivity contribution in [3.05, 3.63) is 40.6 Å². The van der Waals surface area contributed by atoms with Crippen LogP contribution in [0.15, 0.2) is 39.8 Å². The molecule has 0 aliphatic carbocycles.